The average Bonchev–Trinajstić information content (AvgIpc) is 2.59. The van der Waals surface area contributed by atoms with Crippen LogP contribution in [0.4, 0.5) is 0 Å². The van der Waals surface area contributed by atoms with Crippen molar-refractivity contribution in [2.24, 2.45) is 17.7 Å². The maximum absolute atomic E-state index is 11.7. The van der Waals surface area contributed by atoms with Crippen LogP contribution < -0.4 is 11.3 Å². The highest BCUT2D eigenvalue weighted by Gasteiger charge is 2.15. The van der Waals surface area contributed by atoms with Gasteiger partial charge >= 0.3 is 0 Å². The first-order valence-electron chi connectivity index (χ1n) is 6.15. The molecule has 4 nitrogen and oxygen atoms in total. The van der Waals surface area contributed by atoms with E-state index in [1.165, 1.54) is 5.69 Å². The number of carbonyl (C=O) groups is 1. The first-order valence-corrected chi connectivity index (χ1v) is 6.15. The topological polar surface area (TPSA) is 60.1 Å². The summed E-state index contributed by atoms with van der Waals surface area (Å²) >= 11 is 0. The van der Waals surface area contributed by atoms with Crippen molar-refractivity contribution in [3.05, 3.63) is 23.5 Å². The number of hydrogen-bond donors (Lipinski definition) is 2. The van der Waals surface area contributed by atoms with Crippen LogP contribution in [0, 0.1) is 11.8 Å². The highest BCUT2D eigenvalue weighted by molar-refractivity contribution is 5.92. The van der Waals surface area contributed by atoms with Gasteiger partial charge in [0, 0.05) is 12.2 Å². The smallest absolute Gasteiger partial charge is 0.281 e. The van der Waals surface area contributed by atoms with Gasteiger partial charge in [0.05, 0.1) is 0 Å². The Hall–Kier alpha value is -1.29. The molecule has 0 unspecified atom stereocenters. The van der Waals surface area contributed by atoms with Crippen LogP contribution in [0.25, 0.3) is 0 Å². The van der Waals surface area contributed by atoms with Gasteiger partial charge in [-0.2, -0.15) is 0 Å². The predicted molar refractivity (Wildman–Crippen MR) is 69.5 cm³/mol. The predicted octanol–water partition coefficient (Wildman–Crippen LogP) is 1.95. The number of aromatic nitrogens is 1. The fourth-order valence-electron chi connectivity index (χ4n) is 1.96. The number of amides is 1. The zero-order valence-electron chi connectivity index (χ0n) is 11.2. The van der Waals surface area contributed by atoms with Crippen molar-refractivity contribution < 1.29 is 4.79 Å². The van der Waals surface area contributed by atoms with Crippen LogP contribution in [0.5, 0.6) is 0 Å². The number of rotatable bonds is 5. The van der Waals surface area contributed by atoms with Crippen molar-refractivity contribution in [3.63, 3.8) is 0 Å². The van der Waals surface area contributed by atoms with Crippen LogP contribution in [0.3, 0.4) is 0 Å². The molecule has 0 aliphatic carbocycles. The summed E-state index contributed by atoms with van der Waals surface area (Å²) in [5.41, 5.74) is 4.05. The second-order valence-electron chi connectivity index (χ2n) is 5.29. The molecule has 0 aliphatic heterocycles. The first-order chi connectivity index (χ1) is 7.95. The second kappa shape index (κ2) is 5.87. The minimum absolute atomic E-state index is 0.222. The molecule has 0 spiro atoms. The molecule has 1 aromatic heterocycles. The van der Waals surface area contributed by atoms with Gasteiger partial charge in [-0.3, -0.25) is 10.2 Å². The van der Waals surface area contributed by atoms with E-state index in [1.807, 2.05) is 12.1 Å². The van der Waals surface area contributed by atoms with Crippen LogP contribution in [-0.4, -0.2) is 10.5 Å². The molecule has 0 saturated heterocycles. The summed E-state index contributed by atoms with van der Waals surface area (Å²) in [7, 11) is 0. The van der Waals surface area contributed by atoms with E-state index in [9.17, 15) is 4.79 Å². The molecule has 0 aliphatic rings. The maximum atomic E-state index is 11.7. The highest BCUT2D eigenvalue weighted by Crippen LogP contribution is 2.16. The molecule has 0 bridgehead atoms. The third kappa shape index (κ3) is 3.60. The molecule has 1 rings (SSSR count). The second-order valence-corrected chi connectivity index (χ2v) is 5.29. The van der Waals surface area contributed by atoms with Gasteiger partial charge in [0.2, 0.25) is 0 Å². The molecule has 3 N–H and O–H groups in total. The zero-order valence-corrected chi connectivity index (χ0v) is 11.2. The van der Waals surface area contributed by atoms with E-state index >= 15 is 0 Å². The van der Waals surface area contributed by atoms with Crippen LogP contribution in [0.15, 0.2) is 12.1 Å². The summed E-state index contributed by atoms with van der Waals surface area (Å²) in [6.45, 7) is 9.48. The van der Waals surface area contributed by atoms with Crippen LogP contribution in [0.1, 0.15) is 43.9 Å². The van der Waals surface area contributed by atoms with Gasteiger partial charge in [0.15, 0.2) is 0 Å². The number of nitrogens with two attached hydrogens (primary N) is 1. The third-order valence-electron chi connectivity index (χ3n) is 2.60. The van der Waals surface area contributed by atoms with E-state index in [-0.39, 0.29) is 5.91 Å². The summed E-state index contributed by atoms with van der Waals surface area (Å²) in [6.07, 6.45) is 0.977. The Bertz CT molecular complexity index is 380. The van der Waals surface area contributed by atoms with Gasteiger partial charge < -0.3 is 4.57 Å². The largest absolute Gasteiger partial charge is 0.340 e. The molecule has 17 heavy (non-hydrogen) atoms. The Morgan fingerprint density at radius 1 is 1.29 bits per heavy atom. The van der Waals surface area contributed by atoms with Gasteiger partial charge in [-0.25, -0.2) is 5.84 Å². The Morgan fingerprint density at radius 2 is 1.94 bits per heavy atom. The quantitative estimate of drug-likeness (QED) is 0.467. The van der Waals surface area contributed by atoms with Crippen molar-refractivity contribution in [1.82, 2.24) is 9.99 Å². The minimum Gasteiger partial charge on any atom is -0.340 e. The lowest BCUT2D eigenvalue weighted by atomic mass is 10.1. The number of hydrazine groups is 1. The molecular formula is C13H23N3O. The van der Waals surface area contributed by atoms with E-state index in [4.69, 9.17) is 5.84 Å². The molecule has 1 amide bonds. The zero-order chi connectivity index (χ0) is 13.0. The molecule has 96 valence electrons. The van der Waals surface area contributed by atoms with Crippen molar-refractivity contribution in [1.29, 1.82) is 0 Å². The molecule has 4 heteroatoms. The summed E-state index contributed by atoms with van der Waals surface area (Å²) in [4.78, 5) is 11.7. The first kappa shape index (κ1) is 13.8. The van der Waals surface area contributed by atoms with Crippen LogP contribution in [0.2, 0.25) is 0 Å². The van der Waals surface area contributed by atoms with E-state index in [2.05, 4.69) is 37.7 Å². The summed E-state index contributed by atoms with van der Waals surface area (Å²) in [5, 5.41) is 0. The Kier molecular flexibility index (Phi) is 4.75. The SMILES string of the molecule is CC(C)Cc1ccc(C(=O)NN)n1CC(C)C. The molecule has 0 saturated carbocycles. The number of nitrogen functional groups attached to an aromatic ring is 1. The summed E-state index contributed by atoms with van der Waals surface area (Å²) < 4.78 is 2.08. The van der Waals surface area contributed by atoms with E-state index in [0.29, 0.717) is 17.5 Å². The molecule has 1 heterocycles. The lowest BCUT2D eigenvalue weighted by Crippen LogP contribution is -2.32. The Balaban J connectivity index is 3.05. The van der Waals surface area contributed by atoms with Crippen molar-refractivity contribution in [3.8, 4) is 0 Å². The lowest BCUT2D eigenvalue weighted by Gasteiger charge is -2.16. The Labute approximate surface area is 103 Å². The normalized spacial score (nSPS) is 11.2. The third-order valence-corrected chi connectivity index (χ3v) is 2.60. The van der Waals surface area contributed by atoms with Crippen LogP contribution >= 0.6 is 0 Å². The molecule has 0 aromatic carbocycles. The standard InChI is InChI=1S/C13H23N3O/c1-9(2)7-11-5-6-12(13(17)15-14)16(11)8-10(3)4/h5-6,9-10H,7-8,14H2,1-4H3,(H,15,17). The molecule has 0 fully saturated rings. The van der Waals surface area contributed by atoms with Gasteiger partial charge in [-0.15, -0.1) is 0 Å². The fraction of sp³-hybridized carbons (Fsp3) is 0.615. The van der Waals surface area contributed by atoms with Gasteiger partial charge in [0.1, 0.15) is 5.69 Å². The van der Waals surface area contributed by atoms with E-state index < -0.39 is 0 Å². The van der Waals surface area contributed by atoms with Crippen molar-refractivity contribution >= 4 is 5.91 Å². The Morgan fingerprint density at radius 3 is 2.41 bits per heavy atom. The maximum Gasteiger partial charge on any atom is 0.281 e. The number of hydrogen-bond acceptors (Lipinski definition) is 2. The van der Waals surface area contributed by atoms with E-state index in [0.717, 1.165) is 13.0 Å². The molecular weight excluding hydrogens is 214 g/mol. The molecule has 0 radical (unpaired) electrons. The minimum atomic E-state index is -0.222. The van der Waals surface area contributed by atoms with E-state index in [1.54, 1.807) is 0 Å². The van der Waals surface area contributed by atoms with Crippen molar-refractivity contribution in [2.75, 3.05) is 0 Å². The van der Waals surface area contributed by atoms with Gasteiger partial charge in [-0.05, 0) is 30.4 Å². The number of nitrogens with one attached hydrogen (secondary N) is 1. The fourth-order valence-corrected chi connectivity index (χ4v) is 1.96. The molecule has 0 atom stereocenters. The number of carbonyl (C=O) groups excluding carboxylic acids is 1. The molecule has 1 aromatic rings. The highest BCUT2D eigenvalue weighted by atomic mass is 16.2. The summed E-state index contributed by atoms with van der Waals surface area (Å²) in [6, 6.07) is 3.87. The monoisotopic (exact) mass is 237 g/mol. The van der Waals surface area contributed by atoms with Gasteiger partial charge in [-0.1, -0.05) is 27.7 Å². The summed E-state index contributed by atoms with van der Waals surface area (Å²) in [5.74, 6) is 6.05. The van der Waals surface area contributed by atoms with Gasteiger partial charge in [0.25, 0.3) is 5.91 Å². The number of nitrogens with zero attached hydrogens (tertiary/aromatic N) is 1. The van der Waals surface area contributed by atoms with Crippen molar-refractivity contribution in [2.45, 2.75) is 40.7 Å². The lowest BCUT2D eigenvalue weighted by molar-refractivity contribution is 0.0943. The average molecular weight is 237 g/mol. The van der Waals surface area contributed by atoms with Crippen LogP contribution in [-0.2, 0) is 13.0 Å².